The van der Waals surface area contributed by atoms with Crippen LogP contribution in [0.2, 0.25) is 0 Å². The molecule has 6 rings (SSSR count). The predicted octanol–water partition coefficient (Wildman–Crippen LogP) is 3.80. The molecule has 0 saturated carbocycles. The van der Waals surface area contributed by atoms with Crippen LogP contribution in [0.3, 0.4) is 0 Å². The Morgan fingerprint density at radius 1 is 1.23 bits per heavy atom. The van der Waals surface area contributed by atoms with Crippen molar-refractivity contribution in [2.24, 2.45) is 0 Å². The Labute approximate surface area is 252 Å². The number of cyclic esters (lactones) is 1. The van der Waals surface area contributed by atoms with Gasteiger partial charge in [0.25, 0.3) is 5.56 Å². The molecule has 4 heterocycles. The van der Waals surface area contributed by atoms with Gasteiger partial charge in [0.15, 0.2) is 5.60 Å². The van der Waals surface area contributed by atoms with Crippen molar-refractivity contribution < 1.29 is 33.7 Å². The molecule has 0 radical (unpaired) electrons. The maximum atomic E-state index is 15.1. The third kappa shape index (κ3) is 4.37. The quantitative estimate of drug-likeness (QED) is 0.290. The van der Waals surface area contributed by atoms with Crippen LogP contribution in [0.4, 0.5) is 9.18 Å². The molecular weight excluding hydrogens is 571 g/mol. The van der Waals surface area contributed by atoms with Crippen molar-refractivity contribution in [2.45, 2.75) is 90.6 Å². The molecule has 1 aliphatic carbocycles. The summed E-state index contributed by atoms with van der Waals surface area (Å²) in [5.41, 5.74) is 1.21. The second-order valence-electron chi connectivity index (χ2n) is 12.8. The molecule has 2 atom stereocenters. The SMILES string of the molecule is CC[C@@]1(O)C(=O)OCc2c1cc1n(c2=O)Cc2c-1nc1cc(F)c(C)c3c1c2[C@@H](NC(=O)CCN(C(=O)O)C(C)(C)C)CC3. The van der Waals surface area contributed by atoms with Gasteiger partial charge in [0, 0.05) is 41.1 Å². The number of benzene rings is 1. The van der Waals surface area contributed by atoms with E-state index in [2.05, 4.69) is 5.32 Å². The minimum absolute atomic E-state index is 0.00145. The zero-order valence-electron chi connectivity index (χ0n) is 25.3. The number of aryl methyl sites for hydroxylation is 1. The number of carboxylic acid groups (broad SMARTS) is 1. The highest BCUT2D eigenvalue weighted by molar-refractivity contribution is 5.94. The highest BCUT2D eigenvalue weighted by Gasteiger charge is 2.46. The van der Waals surface area contributed by atoms with E-state index in [1.54, 1.807) is 40.7 Å². The van der Waals surface area contributed by atoms with E-state index < -0.39 is 40.6 Å². The van der Waals surface area contributed by atoms with Gasteiger partial charge in [-0.25, -0.2) is 19.0 Å². The summed E-state index contributed by atoms with van der Waals surface area (Å²) in [5, 5.41) is 24.7. The Kier molecular flexibility index (Phi) is 6.84. The van der Waals surface area contributed by atoms with Crippen molar-refractivity contribution in [1.82, 2.24) is 19.8 Å². The molecule has 0 fully saturated rings. The molecule has 3 aliphatic rings. The molecule has 3 N–H and O–H groups in total. The van der Waals surface area contributed by atoms with Gasteiger partial charge in [-0.05, 0) is 69.7 Å². The summed E-state index contributed by atoms with van der Waals surface area (Å²) >= 11 is 0. The van der Waals surface area contributed by atoms with E-state index in [4.69, 9.17) is 9.72 Å². The van der Waals surface area contributed by atoms with Gasteiger partial charge in [-0.15, -0.1) is 0 Å². The van der Waals surface area contributed by atoms with Gasteiger partial charge in [0.1, 0.15) is 12.4 Å². The number of carbonyl (C=O) groups is 3. The summed E-state index contributed by atoms with van der Waals surface area (Å²) < 4.78 is 21.8. The Bertz CT molecular complexity index is 1840. The zero-order chi connectivity index (χ0) is 31.9. The molecule has 3 aromatic rings. The van der Waals surface area contributed by atoms with Crippen LogP contribution in [0.15, 0.2) is 16.9 Å². The van der Waals surface area contributed by atoms with Crippen LogP contribution in [0.5, 0.6) is 0 Å². The maximum absolute atomic E-state index is 15.1. The fourth-order valence-corrected chi connectivity index (χ4v) is 6.90. The van der Waals surface area contributed by atoms with Crippen molar-refractivity contribution in [3.8, 4) is 11.4 Å². The van der Waals surface area contributed by atoms with Gasteiger partial charge in [-0.1, -0.05) is 6.92 Å². The van der Waals surface area contributed by atoms with Gasteiger partial charge >= 0.3 is 12.1 Å². The van der Waals surface area contributed by atoms with Crippen molar-refractivity contribution >= 4 is 28.9 Å². The molecule has 2 amide bonds. The van der Waals surface area contributed by atoms with Gasteiger partial charge < -0.3 is 29.7 Å². The molecule has 2 aromatic heterocycles. The molecule has 232 valence electrons. The summed E-state index contributed by atoms with van der Waals surface area (Å²) in [6.07, 6.45) is -0.207. The second kappa shape index (κ2) is 10.1. The van der Waals surface area contributed by atoms with Crippen LogP contribution in [0, 0.1) is 12.7 Å². The topological polar surface area (TPSA) is 151 Å². The van der Waals surface area contributed by atoms with Crippen LogP contribution in [-0.4, -0.2) is 54.7 Å². The van der Waals surface area contributed by atoms with Crippen LogP contribution < -0.4 is 10.9 Å². The molecule has 12 heteroatoms. The molecule has 0 spiro atoms. The number of nitrogens with one attached hydrogen (secondary N) is 1. The van der Waals surface area contributed by atoms with E-state index in [1.165, 1.54) is 15.5 Å². The molecule has 1 aromatic carbocycles. The molecule has 0 bridgehead atoms. The first-order chi connectivity index (χ1) is 20.7. The third-order valence-corrected chi connectivity index (χ3v) is 9.32. The number of halogens is 1. The summed E-state index contributed by atoms with van der Waals surface area (Å²) in [6, 6.07) is 2.46. The fourth-order valence-electron chi connectivity index (χ4n) is 6.90. The van der Waals surface area contributed by atoms with E-state index >= 15 is 4.39 Å². The highest BCUT2D eigenvalue weighted by Crippen LogP contribution is 2.46. The normalized spacial score (nSPS) is 20.1. The van der Waals surface area contributed by atoms with E-state index in [9.17, 15) is 29.4 Å². The minimum Gasteiger partial charge on any atom is -0.465 e. The monoisotopic (exact) mass is 606 g/mol. The molecule has 0 unspecified atom stereocenters. The number of hydrogen-bond acceptors (Lipinski definition) is 7. The fraction of sp³-hybridized carbons (Fsp3) is 0.469. The number of aliphatic hydroxyl groups is 1. The summed E-state index contributed by atoms with van der Waals surface area (Å²) in [6.45, 7) is 8.50. The van der Waals surface area contributed by atoms with Gasteiger partial charge in [0.05, 0.1) is 35.1 Å². The van der Waals surface area contributed by atoms with Crippen LogP contribution in [-0.2, 0) is 39.5 Å². The Hall–Kier alpha value is -4.32. The van der Waals surface area contributed by atoms with Crippen molar-refractivity contribution in [2.75, 3.05) is 6.54 Å². The number of amides is 2. The predicted molar refractivity (Wildman–Crippen MR) is 158 cm³/mol. The van der Waals surface area contributed by atoms with E-state index in [1.807, 2.05) is 0 Å². The standard InChI is InChI=1S/C32H35FN4O7/c1-6-32(43)19-11-23-27-17(13-36(23)28(39)18(19)14-44-29(32)40)26-21(34-24(38)9-10-37(30(41)42)31(3,4)5)8-7-16-15(2)20(33)12-22(35-27)25(16)26/h11-12,21,43H,6-10,13-14H2,1-5H3,(H,34,38)(H,41,42)/t21-,32-/m0/s1. The average molecular weight is 607 g/mol. The number of aromatic nitrogens is 2. The smallest absolute Gasteiger partial charge is 0.407 e. The lowest BCUT2D eigenvalue weighted by molar-refractivity contribution is -0.172. The lowest BCUT2D eigenvalue weighted by Gasteiger charge is -2.33. The second-order valence-corrected chi connectivity index (χ2v) is 12.8. The molecule has 11 nitrogen and oxygen atoms in total. The molecule has 44 heavy (non-hydrogen) atoms. The number of carbonyl (C=O) groups excluding carboxylic acids is 2. The summed E-state index contributed by atoms with van der Waals surface area (Å²) in [7, 11) is 0. The van der Waals surface area contributed by atoms with E-state index in [0.717, 1.165) is 16.5 Å². The lowest BCUT2D eigenvalue weighted by Crippen LogP contribution is -2.46. The van der Waals surface area contributed by atoms with Crippen molar-refractivity contribution in [3.05, 3.63) is 61.7 Å². The number of nitrogens with zero attached hydrogens (tertiary/aromatic N) is 3. The highest BCUT2D eigenvalue weighted by atomic mass is 19.1. The first kappa shape index (κ1) is 29.7. The lowest BCUT2D eigenvalue weighted by atomic mass is 9.81. The number of ether oxygens (including phenoxy) is 1. The number of esters is 1. The average Bonchev–Trinajstić information content (AvgIpc) is 3.32. The van der Waals surface area contributed by atoms with Gasteiger partial charge in [0.2, 0.25) is 5.91 Å². The zero-order valence-corrected chi connectivity index (χ0v) is 25.3. The molecule has 0 saturated heterocycles. The Morgan fingerprint density at radius 3 is 2.61 bits per heavy atom. The van der Waals surface area contributed by atoms with Crippen LogP contribution in [0.1, 0.15) is 86.4 Å². The number of pyridine rings is 2. The summed E-state index contributed by atoms with van der Waals surface area (Å²) in [5.74, 6) is -1.57. The van der Waals surface area contributed by atoms with Crippen LogP contribution >= 0.6 is 0 Å². The number of fused-ring (bicyclic) bond motifs is 5. The number of rotatable bonds is 5. The van der Waals surface area contributed by atoms with E-state index in [-0.39, 0.29) is 49.6 Å². The van der Waals surface area contributed by atoms with Crippen molar-refractivity contribution in [1.29, 1.82) is 0 Å². The first-order valence-corrected chi connectivity index (χ1v) is 14.8. The Balaban J connectivity index is 1.47. The molecular formula is C32H35FN4O7. The maximum Gasteiger partial charge on any atom is 0.407 e. The summed E-state index contributed by atoms with van der Waals surface area (Å²) in [4.78, 5) is 57.4. The largest absolute Gasteiger partial charge is 0.465 e. The Morgan fingerprint density at radius 2 is 1.95 bits per heavy atom. The minimum atomic E-state index is -1.99. The first-order valence-electron chi connectivity index (χ1n) is 14.8. The number of hydrogen-bond donors (Lipinski definition) is 3. The third-order valence-electron chi connectivity index (χ3n) is 9.32. The van der Waals surface area contributed by atoms with E-state index in [0.29, 0.717) is 40.9 Å². The van der Waals surface area contributed by atoms with Gasteiger partial charge in [-0.2, -0.15) is 0 Å². The van der Waals surface area contributed by atoms with Crippen LogP contribution in [0.25, 0.3) is 22.3 Å². The van der Waals surface area contributed by atoms with Gasteiger partial charge in [-0.3, -0.25) is 9.59 Å². The van der Waals surface area contributed by atoms with Crippen molar-refractivity contribution in [3.63, 3.8) is 0 Å². The molecule has 2 aliphatic heterocycles.